The fourth-order valence-corrected chi connectivity index (χ4v) is 1.82. The number of aromatic hydroxyl groups is 2. The minimum atomic E-state index is -0.473. The molecular weight excluding hydrogens is 261 g/mol. The van der Waals surface area contributed by atoms with Gasteiger partial charge in [0.05, 0.1) is 11.6 Å². The monoisotopic (exact) mass is 275 g/mol. The highest BCUT2D eigenvalue weighted by atomic mass is 19.1. The van der Waals surface area contributed by atoms with E-state index in [0.29, 0.717) is 0 Å². The highest BCUT2D eigenvalue weighted by Gasteiger charge is 2.15. The van der Waals surface area contributed by atoms with E-state index in [1.54, 1.807) is 19.1 Å². The molecule has 0 radical (unpaired) electrons. The Morgan fingerprint density at radius 2 is 1.80 bits per heavy atom. The van der Waals surface area contributed by atoms with Crippen molar-refractivity contribution >= 4 is 5.91 Å². The van der Waals surface area contributed by atoms with Gasteiger partial charge in [0.25, 0.3) is 5.91 Å². The first-order chi connectivity index (χ1) is 9.47. The molecule has 104 valence electrons. The average Bonchev–Trinajstić information content (AvgIpc) is 2.39. The highest BCUT2D eigenvalue weighted by Crippen LogP contribution is 2.23. The fraction of sp³-hybridized carbons (Fsp3) is 0.133. The molecule has 2 aromatic rings. The molecule has 20 heavy (non-hydrogen) atoms. The maximum Gasteiger partial charge on any atom is 0.255 e. The Morgan fingerprint density at radius 1 is 1.15 bits per heavy atom. The summed E-state index contributed by atoms with van der Waals surface area (Å²) in [5, 5.41) is 21.5. The predicted octanol–water partition coefficient (Wildman–Crippen LogP) is 2.73. The normalized spacial score (nSPS) is 11.9. The lowest BCUT2D eigenvalue weighted by Gasteiger charge is -2.15. The van der Waals surface area contributed by atoms with Crippen molar-refractivity contribution in [2.75, 3.05) is 0 Å². The summed E-state index contributed by atoms with van der Waals surface area (Å²) in [4.78, 5) is 12.0. The molecule has 0 aromatic heterocycles. The van der Waals surface area contributed by atoms with Crippen molar-refractivity contribution in [3.8, 4) is 11.5 Å². The maximum atomic E-state index is 12.8. The van der Waals surface area contributed by atoms with Crippen LogP contribution in [0.5, 0.6) is 11.5 Å². The number of hydrogen-bond donors (Lipinski definition) is 3. The summed E-state index contributed by atoms with van der Waals surface area (Å²) in [6.45, 7) is 1.75. The molecule has 0 aliphatic rings. The maximum absolute atomic E-state index is 12.8. The first kappa shape index (κ1) is 13.9. The molecular formula is C15H14FNO3. The molecule has 1 amide bonds. The van der Waals surface area contributed by atoms with E-state index in [-0.39, 0.29) is 28.9 Å². The number of benzene rings is 2. The van der Waals surface area contributed by atoms with Gasteiger partial charge in [-0.25, -0.2) is 4.39 Å². The van der Waals surface area contributed by atoms with E-state index < -0.39 is 5.91 Å². The lowest BCUT2D eigenvalue weighted by atomic mass is 10.1. The van der Waals surface area contributed by atoms with Gasteiger partial charge >= 0.3 is 0 Å². The number of rotatable bonds is 3. The number of nitrogens with one attached hydrogen (secondary N) is 1. The molecule has 5 heteroatoms. The molecule has 3 N–H and O–H groups in total. The highest BCUT2D eigenvalue weighted by molar-refractivity contribution is 5.97. The number of carbonyl (C=O) groups excluding carboxylic acids is 1. The van der Waals surface area contributed by atoms with Crippen LogP contribution >= 0.6 is 0 Å². The quantitative estimate of drug-likeness (QED) is 0.806. The molecule has 0 bridgehead atoms. The van der Waals surface area contributed by atoms with Gasteiger partial charge in [-0.1, -0.05) is 12.1 Å². The molecule has 0 heterocycles. The second-order valence-electron chi connectivity index (χ2n) is 4.45. The van der Waals surface area contributed by atoms with Gasteiger partial charge in [0.1, 0.15) is 17.3 Å². The topological polar surface area (TPSA) is 69.6 Å². The lowest BCUT2D eigenvalue weighted by Crippen LogP contribution is -2.26. The Morgan fingerprint density at radius 3 is 2.40 bits per heavy atom. The summed E-state index contributed by atoms with van der Waals surface area (Å²) in [6, 6.07) is 9.20. The Kier molecular flexibility index (Phi) is 3.89. The van der Waals surface area contributed by atoms with Crippen LogP contribution in [0.25, 0.3) is 0 Å². The van der Waals surface area contributed by atoms with E-state index in [9.17, 15) is 19.4 Å². The molecule has 0 aliphatic heterocycles. The van der Waals surface area contributed by atoms with Gasteiger partial charge in [-0.05, 0) is 36.8 Å². The second-order valence-corrected chi connectivity index (χ2v) is 4.45. The van der Waals surface area contributed by atoms with Gasteiger partial charge in [-0.15, -0.1) is 0 Å². The second kappa shape index (κ2) is 5.61. The van der Waals surface area contributed by atoms with Crippen LogP contribution in [0.1, 0.15) is 28.9 Å². The van der Waals surface area contributed by atoms with E-state index in [1.165, 1.54) is 24.3 Å². The van der Waals surface area contributed by atoms with E-state index >= 15 is 0 Å². The zero-order chi connectivity index (χ0) is 14.7. The molecule has 0 aliphatic carbocycles. The van der Waals surface area contributed by atoms with Crippen molar-refractivity contribution in [3.05, 3.63) is 59.4 Å². The third-order valence-electron chi connectivity index (χ3n) is 2.94. The van der Waals surface area contributed by atoms with Crippen molar-refractivity contribution in [2.45, 2.75) is 13.0 Å². The van der Waals surface area contributed by atoms with Crippen LogP contribution in [0, 0.1) is 5.82 Å². The molecule has 2 aromatic carbocycles. The first-order valence-corrected chi connectivity index (χ1v) is 6.05. The molecule has 0 fully saturated rings. The Labute approximate surface area is 115 Å². The van der Waals surface area contributed by atoms with Crippen LogP contribution in [0.4, 0.5) is 4.39 Å². The summed E-state index contributed by atoms with van der Waals surface area (Å²) in [7, 11) is 0. The van der Waals surface area contributed by atoms with Gasteiger partial charge < -0.3 is 15.5 Å². The SMILES string of the molecule is CC(NC(=O)c1ccc(O)cc1O)c1ccc(F)cc1. The van der Waals surface area contributed by atoms with Crippen LogP contribution in [0.2, 0.25) is 0 Å². The van der Waals surface area contributed by atoms with Gasteiger partial charge in [-0.3, -0.25) is 4.79 Å². The number of carbonyl (C=O) groups is 1. The third-order valence-corrected chi connectivity index (χ3v) is 2.94. The Bertz CT molecular complexity index is 626. The Balaban J connectivity index is 2.13. The van der Waals surface area contributed by atoms with E-state index in [1.807, 2.05) is 0 Å². The summed E-state index contributed by atoms with van der Waals surface area (Å²) < 4.78 is 12.8. The third kappa shape index (κ3) is 3.06. The largest absolute Gasteiger partial charge is 0.508 e. The molecule has 0 saturated heterocycles. The van der Waals surface area contributed by atoms with E-state index in [4.69, 9.17) is 0 Å². The molecule has 1 atom stereocenters. The molecule has 2 rings (SSSR count). The summed E-state index contributed by atoms with van der Waals surface area (Å²) in [6.07, 6.45) is 0. The minimum Gasteiger partial charge on any atom is -0.508 e. The van der Waals surface area contributed by atoms with Crippen LogP contribution in [-0.2, 0) is 0 Å². The summed E-state index contributed by atoms with van der Waals surface area (Å²) in [5.41, 5.74) is 0.815. The van der Waals surface area contributed by atoms with Crippen molar-refractivity contribution < 1.29 is 19.4 Å². The summed E-state index contributed by atoms with van der Waals surface area (Å²) in [5.74, 6) is -1.23. The Hall–Kier alpha value is -2.56. The van der Waals surface area contributed by atoms with Gasteiger partial charge in [-0.2, -0.15) is 0 Å². The van der Waals surface area contributed by atoms with Crippen LogP contribution in [0.3, 0.4) is 0 Å². The average molecular weight is 275 g/mol. The predicted molar refractivity (Wildman–Crippen MR) is 72.1 cm³/mol. The van der Waals surface area contributed by atoms with Crippen LogP contribution in [0.15, 0.2) is 42.5 Å². The summed E-state index contributed by atoms with van der Waals surface area (Å²) >= 11 is 0. The van der Waals surface area contributed by atoms with Gasteiger partial charge in [0.2, 0.25) is 0 Å². The number of phenolic OH excluding ortho intramolecular Hbond substituents is 2. The number of phenols is 2. The van der Waals surface area contributed by atoms with Crippen molar-refractivity contribution in [1.82, 2.24) is 5.32 Å². The lowest BCUT2D eigenvalue weighted by molar-refractivity contribution is 0.0937. The van der Waals surface area contributed by atoms with E-state index in [0.717, 1.165) is 11.6 Å². The molecule has 1 unspecified atom stereocenters. The van der Waals surface area contributed by atoms with Gasteiger partial charge in [0.15, 0.2) is 0 Å². The smallest absolute Gasteiger partial charge is 0.255 e. The van der Waals surface area contributed by atoms with Gasteiger partial charge in [0, 0.05) is 6.07 Å². The molecule has 0 spiro atoms. The standard InChI is InChI=1S/C15H14FNO3/c1-9(10-2-4-11(16)5-3-10)17-15(20)13-7-6-12(18)8-14(13)19/h2-9,18-19H,1H3,(H,17,20). The van der Waals surface area contributed by atoms with Crippen molar-refractivity contribution in [3.63, 3.8) is 0 Å². The first-order valence-electron chi connectivity index (χ1n) is 6.05. The molecule has 0 saturated carbocycles. The van der Waals surface area contributed by atoms with Crippen LogP contribution in [-0.4, -0.2) is 16.1 Å². The van der Waals surface area contributed by atoms with Crippen molar-refractivity contribution in [1.29, 1.82) is 0 Å². The fourth-order valence-electron chi connectivity index (χ4n) is 1.82. The minimum absolute atomic E-state index is 0.0664. The van der Waals surface area contributed by atoms with E-state index in [2.05, 4.69) is 5.32 Å². The number of hydrogen-bond acceptors (Lipinski definition) is 3. The zero-order valence-corrected chi connectivity index (χ0v) is 10.8. The van der Waals surface area contributed by atoms with Crippen LogP contribution < -0.4 is 5.32 Å². The van der Waals surface area contributed by atoms with Crippen molar-refractivity contribution in [2.24, 2.45) is 0 Å². The molecule has 4 nitrogen and oxygen atoms in total. The number of amides is 1. The number of halogens is 1. The zero-order valence-electron chi connectivity index (χ0n) is 10.8.